The highest BCUT2D eigenvalue weighted by Crippen LogP contribution is 2.06. The zero-order chi connectivity index (χ0) is 18.0. The molecule has 2 N–H and O–H groups in total. The lowest BCUT2D eigenvalue weighted by Crippen LogP contribution is -2.14. The third-order valence-electron chi connectivity index (χ3n) is 3.23. The van der Waals surface area contributed by atoms with Gasteiger partial charge in [-0.25, -0.2) is 0 Å². The molecule has 2 aromatic rings. The van der Waals surface area contributed by atoms with Crippen LogP contribution in [0.25, 0.3) is 0 Å². The van der Waals surface area contributed by atoms with Crippen LogP contribution < -0.4 is 10.6 Å². The Balaban J connectivity index is 0.000000367. The normalized spacial score (nSPS) is 8.83. The van der Waals surface area contributed by atoms with Gasteiger partial charge in [0.1, 0.15) is 0 Å². The van der Waals surface area contributed by atoms with Crippen LogP contribution in [0.15, 0.2) is 48.8 Å². The molecule has 4 nitrogen and oxygen atoms in total. The van der Waals surface area contributed by atoms with Crippen molar-refractivity contribution in [2.45, 2.75) is 40.0 Å². The fraction of sp³-hybridized carbons (Fsp3) is 0.400. The highest BCUT2D eigenvalue weighted by atomic mass is 16.1. The smallest absolute Gasteiger partial charge is 0.207 e. The Morgan fingerprint density at radius 3 is 2.04 bits per heavy atom. The van der Waals surface area contributed by atoms with Crippen molar-refractivity contribution < 1.29 is 4.79 Å². The molecule has 0 saturated heterocycles. The summed E-state index contributed by atoms with van der Waals surface area (Å²) in [6, 6.07) is 12.2. The molecule has 0 radical (unpaired) electrons. The van der Waals surface area contributed by atoms with E-state index in [0.29, 0.717) is 13.0 Å². The number of carbonyl (C=O) groups is 1. The van der Waals surface area contributed by atoms with Gasteiger partial charge in [-0.05, 0) is 43.2 Å². The van der Waals surface area contributed by atoms with Crippen molar-refractivity contribution in [3.63, 3.8) is 0 Å². The number of aryl methyl sites for hydroxylation is 1. The summed E-state index contributed by atoms with van der Waals surface area (Å²) in [5, 5.41) is 5.65. The first-order valence-corrected chi connectivity index (χ1v) is 8.48. The maximum Gasteiger partial charge on any atom is 0.207 e. The number of hydrogen-bond donors (Lipinski definition) is 2. The highest BCUT2D eigenvalue weighted by Gasteiger charge is 1.88. The summed E-state index contributed by atoms with van der Waals surface area (Å²) in [7, 11) is 1.92. The van der Waals surface area contributed by atoms with Crippen LogP contribution >= 0.6 is 0 Å². The van der Waals surface area contributed by atoms with E-state index in [1.54, 1.807) is 12.4 Å². The lowest BCUT2D eigenvalue weighted by molar-refractivity contribution is -0.109. The maximum absolute atomic E-state index is 9.87. The minimum atomic E-state index is 0.688. The summed E-state index contributed by atoms with van der Waals surface area (Å²) in [5.41, 5.74) is 3.66. The molecule has 0 unspecified atom stereocenters. The van der Waals surface area contributed by atoms with Crippen LogP contribution in [-0.2, 0) is 11.2 Å². The van der Waals surface area contributed by atoms with E-state index >= 15 is 0 Å². The summed E-state index contributed by atoms with van der Waals surface area (Å²) >= 11 is 0. The summed E-state index contributed by atoms with van der Waals surface area (Å²) in [5.74, 6) is 0. The first kappa shape index (κ1) is 21.6. The van der Waals surface area contributed by atoms with Gasteiger partial charge < -0.3 is 10.6 Å². The van der Waals surface area contributed by atoms with Crippen molar-refractivity contribution in [1.82, 2.24) is 10.3 Å². The van der Waals surface area contributed by atoms with Crippen molar-refractivity contribution in [3.8, 4) is 0 Å². The van der Waals surface area contributed by atoms with Crippen molar-refractivity contribution in [2.24, 2.45) is 0 Å². The first-order chi connectivity index (χ1) is 11.7. The Bertz CT molecular complexity index is 510. The van der Waals surface area contributed by atoms with Gasteiger partial charge in [0.15, 0.2) is 0 Å². The lowest BCUT2D eigenvalue weighted by Gasteiger charge is -1.97. The molecule has 1 aromatic heterocycles. The second kappa shape index (κ2) is 15.5. The number of unbranched alkanes of at least 4 members (excludes halogenated alkanes) is 1. The molecule has 24 heavy (non-hydrogen) atoms. The van der Waals surface area contributed by atoms with Crippen LogP contribution in [-0.4, -0.2) is 25.0 Å². The minimum Gasteiger partial charge on any atom is -0.388 e. The van der Waals surface area contributed by atoms with Crippen molar-refractivity contribution in [1.29, 1.82) is 0 Å². The van der Waals surface area contributed by atoms with Crippen LogP contribution in [0.1, 0.15) is 37.8 Å². The third-order valence-corrected chi connectivity index (χ3v) is 3.23. The van der Waals surface area contributed by atoms with Gasteiger partial charge in [-0.15, -0.1) is 0 Å². The molecule has 1 aromatic carbocycles. The van der Waals surface area contributed by atoms with Crippen molar-refractivity contribution in [3.05, 3.63) is 59.9 Å². The van der Waals surface area contributed by atoms with Crippen LogP contribution in [0, 0.1) is 6.92 Å². The molecular weight excluding hydrogens is 298 g/mol. The van der Waals surface area contributed by atoms with E-state index < -0.39 is 0 Å². The number of aromatic nitrogens is 1. The number of rotatable bonds is 6. The van der Waals surface area contributed by atoms with Crippen molar-refractivity contribution in [2.75, 3.05) is 18.9 Å². The molecule has 1 heterocycles. The summed E-state index contributed by atoms with van der Waals surface area (Å²) < 4.78 is 0. The monoisotopic (exact) mass is 329 g/mol. The van der Waals surface area contributed by atoms with Crippen LogP contribution in [0.3, 0.4) is 0 Å². The molecule has 132 valence electrons. The van der Waals surface area contributed by atoms with Gasteiger partial charge in [0, 0.05) is 31.7 Å². The molecule has 0 saturated carbocycles. The Hall–Kier alpha value is -2.36. The highest BCUT2D eigenvalue weighted by molar-refractivity contribution is 5.45. The molecule has 0 fully saturated rings. The van der Waals surface area contributed by atoms with E-state index in [2.05, 4.69) is 60.7 Å². The minimum absolute atomic E-state index is 0.688. The zero-order valence-electron chi connectivity index (χ0n) is 15.4. The number of benzene rings is 1. The van der Waals surface area contributed by atoms with Gasteiger partial charge in [0.25, 0.3) is 0 Å². The van der Waals surface area contributed by atoms with Crippen LogP contribution in [0.2, 0.25) is 0 Å². The summed E-state index contributed by atoms with van der Waals surface area (Å²) in [4.78, 5) is 13.8. The molecule has 0 aliphatic rings. The predicted octanol–water partition coefficient (Wildman–Crippen LogP) is 4.21. The average molecular weight is 329 g/mol. The number of carbonyl (C=O) groups excluding carboxylic acids is 1. The second-order valence-electron chi connectivity index (χ2n) is 5.29. The van der Waals surface area contributed by atoms with E-state index in [1.807, 2.05) is 19.2 Å². The average Bonchev–Trinajstić information content (AvgIpc) is 2.64. The van der Waals surface area contributed by atoms with E-state index in [-0.39, 0.29) is 0 Å². The number of pyridine rings is 1. The van der Waals surface area contributed by atoms with Gasteiger partial charge in [-0.3, -0.25) is 9.78 Å². The fourth-order valence-corrected chi connectivity index (χ4v) is 1.55. The Labute approximate surface area is 146 Å². The first-order valence-electron chi connectivity index (χ1n) is 8.48. The number of amides is 1. The van der Waals surface area contributed by atoms with E-state index in [4.69, 9.17) is 0 Å². The second-order valence-corrected chi connectivity index (χ2v) is 5.29. The quantitative estimate of drug-likeness (QED) is 0.616. The number of nitrogens with one attached hydrogen (secondary N) is 2. The van der Waals surface area contributed by atoms with Crippen LogP contribution in [0.4, 0.5) is 5.69 Å². The molecule has 0 atom stereocenters. The number of anilines is 1. The van der Waals surface area contributed by atoms with Gasteiger partial charge in [-0.1, -0.05) is 44.4 Å². The molecule has 2 rings (SSSR count). The maximum atomic E-state index is 9.87. The summed E-state index contributed by atoms with van der Waals surface area (Å²) in [6.07, 6.45) is 7.70. The number of hydrogen-bond acceptors (Lipinski definition) is 3. The van der Waals surface area contributed by atoms with Gasteiger partial charge >= 0.3 is 0 Å². The van der Waals surface area contributed by atoms with Crippen molar-refractivity contribution >= 4 is 12.1 Å². The molecule has 4 heteroatoms. The lowest BCUT2D eigenvalue weighted by atomic mass is 10.2. The molecule has 0 bridgehead atoms. The summed E-state index contributed by atoms with van der Waals surface area (Å²) in [6.45, 7) is 7.13. The zero-order valence-corrected chi connectivity index (χ0v) is 15.4. The standard InChI is InChI=1S/C8H10N2O.C8H11N.C4H10/c11-7-10-6-3-8-1-4-9-5-2-8;1-7-3-5-8(9-2)6-4-7;1-3-4-2/h1-2,4-5,7H,3,6H2,(H,10,11);3-6,9H,1-2H3;3-4H2,1-2H3. The van der Waals surface area contributed by atoms with E-state index in [9.17, 15) is 4.79 Å². The van der Waals surface area contributed by atoms with E-state index in [1.165, 1.54) is 29.7 Å². The SMILES string of the molecule is CCCC.CNc1ccc(C)cc1.O=CNCCc1ccncc1. The van der Waals surface area contributed by atoms with Gasteiger partial charge in [-0.2, -0.15) is 0 Å². The third kappa shape index (κ3) is 12.2. The molecule has 0 aliphatic heterocycles. The van der Waals surface area contributed by atoms with E-state index in [0.717, 1.165) is 6.42 Å². The number of nitrogens with zero attached hydrogens (tertiary/aromatic N) is 1. The molecular formula is C20H31N3O. The topological polar surface area (TPSA) is 54.0 Å². The predicted molar refractivity (Wildman–Crippen MR) is 103 cm³/mol. The fourth-order valence-electron chi connectivity index (χ4n) is 1.55. The van der Waals surface area contributed by atoms with Gasteiger partial charge in [0.2, 0.25) is 6.41 Å². The van der Waals surface area contributed by atoms with Gasteiger partial charge in [0.05, 0.1) is 0 Å². The largest absolute Gasteiger partial charge is 0.388 e. The Morgan fingerprint density at radius 1 is 1.00 bits per heavy atom. The molecule has 0 aliphatic carbocycles. The Kier molecular flexibility index (Phi) is 14.0. The Morgan fingerprint density at radius 2 is 1.58 bits per heavy atom. The molecule has 1 amide bonds. The molecule has 0 spiro atoms. The van der Waals surface area contributed by atoms with Crippen LogP contribution in [0.5, 0.6) is 0 Å².